The van der Waals surface area contributed by atoms with Crippen LogP contribution in [0.25, 0.3) is 0 Å². The lowest BCUT2D eigenvalue weighted by molar-refractivity contribution is -0.384. The molecule has 1 atom stereocenters. The van der Waals surface area contributed by atoms with Crippen molar-refractivity contribution in [2.75, 3.05) is 11.9 Å². The van der Waals surface area contributed by atoms with Crippen LogP contribution in [0.5, 0.6) is 0 Å². The average molecular weight is 420 g/mol. The first kappa shape index (κ1) is 22.2. The minimum atomic E-state index is -0.815. The van der Waals surface area contributed by atoms with E-state index in [1.165, 1.54) is 12.1 Å². The zero-order valence-electron chi connectivity index (χ0n) is 16.1. The molecule has 2 aromatic carbocycles. The van der Waals surface area contributed by atoms with Gasteiger partial charge in [-0.2, -0.15) is 0 Å². The van der Waals surface area contributed by atoms with Crippen LogP contribution in [0.2, 0.25) is 5.02 Å². The third-order valence-corrected chi connectivity index (χ3v) is 4.58. The van der Waals surface area contributed by atoms with Crippen LogP contribution >= 0.6 is 11.6 Å². The SMILES string of the molecule is CC[C@@H](C)NC(=O)COC(=O)c1ccc(NCc2ccccc2Cl)c([N+](=O)[O-])c1. The minimum absolute atomic E-state index is 0.0173. The maximum Gasteiger partial charge on any atom is 0.338 e. The zero-order valence-corrected chi connectivity index (χ0v) is 16.9. The number of anilines is 1. The second-order valence-electron chi connectivity index (χ2n) is 6.39. The summed E-state index contributed by atoms with van der Waals surface area (Å²) in [6, 6.07) is 11.0. The number of benzene rings is 2. The van der Waals surface area contributed by atoms with Crippen LogP contribution in [-0.4, -0.2) is 29.4 Å². The molecule has 0 aliphatic heterocycles. The standard InChI is InChI=1S/C20H22ClN3O5/c1-3-13(2)23-19(25)12-29-20(26)14-8-9-17(18(10-14)24(27)28)22-11-15-6-4-5-7-16(15)21/h4-10,13,22H,3,11-12H2,1-2H3,(H,23,25)/t13-/m1/s1. The Labute approximate surface area is 173 Å². The number of nitro groups is 1. The number of amides is 1. The van der Waals surface area contributed by atoms with Crippen molar-refractivity contribution < 1.29 is 19.2 Å². The van der Waals surface area contributed by atoms with E-state index >= 15 is 0 Å². The Kier molecular flexibility index (Phi) is 7.97. The van der Waals surface area contributed by atoms with E-state index in [0.717, 1.165) is 18.1 Å². The van der Waals surface area contributed by atoms with Crippen molar-refractivity contribution in [3.8, 4) is 0 Å². The molecule has 2 rings (SSSR count). The highest BCUT2D eigenvalue weighted by atomic mass is 35.5. The summed E-state index contributed by atoms with van der Waals surface area (Å²) >= 11 is 6.09. The Morgan fingerprint density at radius 2 is 1.97 bits per heavy atom. The van der Waals surface area contributed by atoms with Crippen LogP contribution in [0.3, 0.4) is 0 Å². The van der Waals surface area contributed by atoms with E-state index in [1.807, 2.05) is 19.9 Å². The maximum absolute atomic E-state index is 12.2. The lowest BCUT2D eigenvalue weighted by Gasteiger charge is -2.12. The van der Waals surface area contributed by atoms with E-state index in [0.29, 0.717) is 5.02 Å². The van der Waals surface area contributed by atoms with Crippen molar-refractivity contribution in [2.45, 2.75) is 32.9 Å². The fraction of sp³-hybridized carbons (Fsp3) is 0.300. The van der Waals surface area contributed by atoms with Gasteiger partial charge in [-0.15, -0.1) is 0 Å². The van der Waals surface area contributed by atoms with Gasteiger partial charge in [0.1, 0.15) is 5.69 Å². The Morgan fingerprint density at radius 3 is 2.62 bits per heavy atom. The summed E-state index contributed by atoms with van der Waals surface area (Å²) in [7, 11) is 0. The van der Waals surface area contributed by atoms with Gasteiger partial charge in [-0.1, -0.05) is 36.7 Å². The molecule has 0 bridgehead atoms. The second-order valence-corrected chi connectivity index (χ2v) is 6.79. The molecule has 0 spiro atoms. The van der Waals surface area contributed by atoms with Gasteiger partial charge in [-0.3, -0.25) is 14.9 Å². The minimum Gasteiger partial charge on any atom is -0.452 e. The topological polar surface area (TPSA) is 111 Å². The number of nitrogens with zero attached hydrogens (tertiary/aromatic N) is 1. The Hall–Kier alpha value is -3.13. The van der Waals surface area contributed by atoms with Gasteiger partial charge in [-0.25, -0.2) is 4.79 Å². The first-order valence-electron chi connectivity index (χ1n) is 9.04. The number of nitro benzene ring substituents is 1. The highest BCUT2D eigenvalue weighted by Crippen LogP contribution is 2.27. The molecule has 1 amide bonds. The molecule has 2 aromatic rings. The van der Waals surface area contributed by atoms with E-state index < -0.39 is 23.4 Å². The number of nitrogens with one attached hydrogen (secondary N) is 2. The van der Waals surface area contributed by atoms with Crippen LogP contribution in [0.4, 0.5) is 11.4 Å². The molecule has 8 nitrogen and oxygen atoms in total. The molecule has 0 heterocycles. The summed E-state index contributed by atoms with van der Waals surface area (Å²) in [5.74, 6) is -1.25. The Bertz CT molecular complexity index is 903. The number of carbonyl (C=O) groups is 2. The monoisotopic (exact) mass is 419 g/mol. The number of carbonyl (C=O) groups excluding carboxylic acids is 2. The van der Waals surface area contributed by atoms with Gasteiger partial charge in [0.25, 0.3) is 11.6 Å². The molecule has 29 heavy (non-hydrogen) atoms. The van der Waals surface area contributed by atoms with Crippen LogP contribution in [0, 0.1) is 10.1 Å². The van der Waals surface area contributed by atoms with E-state index in [2.05, 4.69) is 10.6 Å². The lowest BCUT2D eigenvalue weighted by atomic mass is 10.1. The van der Waals surface area contributed by atoms with Crippen molar-refractivity contribution >= 4 is 34.9 Å². The number of rotatable bonds is 9. The molecule has 0 aliphatic rings. The summed E-state index contributed by atoms with van der Waals surface area (Å²) in [4.78, 5) is 34.7. The highest BCUT2D eigenvalue weighted by molar-refractivity contribution is 6.31. The molecule has 9 heteroatoms. The highest BCUT2D eigenvalue weighted by Gasteiger charge is 2.19. The first-order chi connectivity index (χ1) is 13.8. The second kappa shape index (κ2) is 10.4. The molecule has 0 aliphatic carbocycles. The smallest absolute Gasteiger partial charge is 0.338 e. The molecule has 0 saturated carbocycles. The van der Waals surface area contributed by atoms with Gasteiger partial charge in [0.15, 0.2) is 6.61 Å². The maximum atomic E-state index is 12.2. The first-order valence-corrected chi connectivity index (χ1v) is 9.41. The molecule has 0 radical (unpaired) electrons. The largest absolute Gasteiger partial charge is 0.452 e. The summed E-state index contributed by atoms with van der Waals surface area (Å²) in [5.41, 5.74) is 0.715. The molecule has 0 unspecified atom stereocenters. The normalized spacial score (nSPS) is 11.4. The molecular weight excluding hydrogens is 398 g/mol. The number of ether oxygens (including phenoxy) is 1. The summed E-state index contributed by atoms with van der Waals surface area (Å²) in [6.07, 6.45) is 0.745. The van der Waals surface area contributed by atoms with Gasteiger partial charge in [-0.05, 0) is 37.1 Å². The summed E-state index contributed by atoms with van der Waals surface area (Å²) < 4.78 is 4.94. The molecular formula is C20H22ClN3O5. The van der Waals surface area contributed by atoms with Crippen LogP contribution in [0.15, 0.2) is 42.5 Å². The van der Waals surface area contributed by atoms with Crippen molar-refractivity contribution in [1.29, 1.82) is 0 Å². The van der Waals surface area contributed by atoms with Gasteiger partial charge in [0.2, 0.25) is 0 Å². The van der Waals surface area contributed by atoms with E-state index in [-0.39, 0.29) is 29.5 Å². The zero-order chi connectivity index (χ0) is 21.4. The van der Waals surface area contributed by atoms with E-state index in [4.69, 9.17) is 16.3 Å². The number of halogens is 1. The van der Waals surface area contributed by atoms with Crippen molar-refractivity contribution in [2.24, 2.45) is 0 Å². The van der Waals surface area contributed by atoms with E-state index in [1.54, 1.807) is 18.2 Å². The van der Waals surface area contributed by atoms with Gasteiger partial charge < -0.3 is 15.4 Å². The fourth-order valence-corrected chi connectivity index (χ4v) is 2.63. The predicted octanol–water partition coefficient (Wildman–Crippen LogP) is 3.93. The molecule has 0 aromatic heterocycles. The third kappa shape index (κ3) is 6.46. The average Bonchev–Trinajstić information content (AvgIpc) is 2.71. The lowest BCUT2D eigenvalue weighted by Crippen LogP contribution is -2.35. The van der Waals surface area contributed by atoms with Crippen LogP contribution in [0.1, 0.15) is 36.2 Å². The quantitative estimate of drug-likeness (QED) is 0.362. The van der Waals surface area contributed by atoms with Crippen molar-refractivity contribution in [1.82, 2.24) is 5.32 Å². The van der Waals surface area contributed by atoms with Gasteiger partial charge in [0.05, 0.1) is 10.5 Å². The molecule has 2 N–H and O–H groups in total. The van der Waals surface area contributed by atoms with Gasteiger partial charge in [0, 0.05) is 23.7 Å². The molecule has 0 fully saturated rings. The summed E-state index contributed by atoms with van der Waals surface area (Å²) in [6.45, 7) is 3.57. The molecule has 154 valence electrons. The summed E-state index contributed by atoms with van der Waals surface area (Å²) in [5, 5.41) is 17.6. The van der Waals surface area contributed by atoms with Crippen LogP contribution in [-0.2, 0) is 16.1 Å². The third-order valence-electron chi connectivity index (χ3n) is 4.21. The van der Waals surface area contributed by atoms with Crippen molar-refractivity contribution in [3.05, 3.63) is 68.7 Å². The Balaban J connectivity index is 2.06. The van der Waals surface area contributed by atoms with E-state index in [9.17, 15) is 19.7 Å². The number of hydrogen-bond acceptors (Lipinski definition) is 6. The Morgan fingerprint density at radius 1 is 1.24 bits per heavy atom. The fourth-order valence-electron chi connectivity index (χ4n) is 2.42. The number of hydrogen-bond donors (Lipinski definition) is 2. The van der Waals surface area contributed by atoms with Gasteiger partial charge >= 0.3 is 5.97 Å². The number of esters is 1. The molecule has 0 saturated heterocycles. The van der Waals surface area contributed by atoms with Crippen molar-refractivity contribution in [3.63, 3.8) is 0 Å². The predicted molar refractivity (Wildman–Crippen MR) is 110 cm³/mol. The van der Waals surface area contributed by atoms with Crippen LogP contribution < -0.4 is 10.6 Å².